The van der Waals surface area contributed by atoms with Crippen LogP contribution in [0.4, 0.5) is 13.2 Å². The first-order valence-corrected chi connectivity index (χ1v) is 7.20. The molecule has 130 valence electrons. The molecule has 0 spiro atoms. The molecular weight excluding hydrogens is 341 g/mol. The summed E-state index contributed by atoms with van der Waals surface area (Å²) in [6.07, 6.45) is -4.72. The molecule has 10 heteroatoms. The molecule has 1 saturated heterocycles. The second-order valence-electron chi connectivity index (χ2n) is 5.22. The molecule has 7 nitrogen and oxygen atoms in total. The lowest BCUT2D eigenvalue weighted by atomic mass is 10.1. The molecule has 0 bridgehead atoms. The number of ether oxygens (including phenoxy) is 1. The normalized spacial score (nSPS) is 18.0. The summed E-state index contributed by atoms with van der Waals surface area (Å²) in [5, 5.41) is 12.4. The third-order valence-corrected chi connectivity index (χ3v) is 3.60. The average Bonchev–Trinajstić information content (AvgIpc) is 3.12. The van der Waals surface area contributed by atoms with Crippen LogP contribution in [-0.4, -0.2) is 46.7 Å². The number of halogens is 3. The molecule has 3 rings (SSSR count). The quantitative estimate of drug-likeness (QED) is 0.822. The second-order valence-corrected chi connectivity index (χ2v) is 5.22. The summed E-state index contributed by atoms with van der Waals surface area (Å²) in [5.74, 6) is -2.02. The molecular formula is C15H11F3N4O3. The predicted octanol–water partition coefficient (Wildman–Crippen LogP) is 2.12. The van der Waals surface area contributed by atoms with Crippen LogP contribution in [0.3, 0.4) is 0 Å². The van der Waals surface area contributed by atoms with Crippen LogP contribution in [0.1, 0.15) is 16.2 Å². The van der Waals surface area contributed by atoms with Crippen molar-refractivity contribution < 1.29 is 27.2 Å². The summed E-state index contributed by atoms with van der Waals surface area (Å²) < 4.78 is 46.8. The molecule has 0 saturated carbocycles. The fourth-order valence-corrected chi connectivity index (χ4v) is 2.34. The molecule has 1 aliphatic rings. The topological polar surface area (TPSA) is 92.2 Å². The van der Waals surface area contributed by atoms with E-state index in [1.165, 1.54) is 29.2 Å². The lowest BCUT2D eigenvalue weighted by Crippen LogP contribution is -2.47. The number of benzene rings is 1. The Labute approximate surface area is 139 Å². The number of amides is 1. The van der Waals surface area contributed by atoms with Crippen LogP contribution in [0.15, 0.2) is 28.8 Å². The Balaban J connectivity index is 1.79. The van der Waals surface area contributed by atoms with Crippen LogP contribution in [0.25, 0.3) is 11.4 Å². The molecule has 1 aliphatic heterocycles. The lowest BCUT2D eigenvalue weighted by molar-refractivity contribution is -0.159. The summed E-state index contributed by atoms with van der Waals surface area (Å²) in [6, 6.07) is 7.03. The standard InChI is InChI=1S/C15H11F3N4O3/c16-15(17,18)14-20-12(21-25-14)9-1-3-10(4-2-9)13(23)22-5-6-24-8-11(22)7-19/h1-4,11H,5-6,8H2/t11-/m0/s1. The monoisotopic (exact) mass is 352 g/mol. The number of rotatable bonds is 2. The van der Waals surface area contributed by atoms with E-state index in [9.17, 15) is 18.0 Å². The summed E-state index contributed by atoms with van der Waals surface area (Å²) in [7, 11) is 0. The van der Waals surface area contributed by atoms with Gasteiger partial charge in [-0.1, -0.05) is 17.3 Å². The minimum absolute atomic E-state index is 0.142. The fourth-order valence-electron chi connectivity index (χ4n) is 2.34. The van der Waals surface area contributed by atoms with Gasteiger partial charge in [0.2, 0.25) is 5.82 Å². The van der Waals surface area contributed by atoms with E-state index in [0.717, 1.165) is 0 Å². The first kappa shape index (κ1) is 16.9. The predicted molar refractivity (Wildman–Crippen MR) is 76.0 cm³/mol. The number of morpholine rings is 1. The van der Waals surface area contributed by atoms with Crippen molar-refractivity contribution >= 4 is 5.91 Å². The molecule has 1 atom stereocenters. The Kier molecular flexibility index (Phi) is 4.41. The molecule has 25 heavy (non-hydrogen) atoms. The van der Waals surface area contributed by atoms with Crippen LogP contribution in [-0.2, 0) is 10.9 Å². The van der Waals surface area contributed by atoms with Crippen molar-refractivity contribution in [2.45, 2.75) is 12.2 Å². The maximum Gasteiger partial charge on any atom is 0.471 e. The van der Waals surface area contributed by atoms with Crippen LogP contribution >= 0.6 is 0 Å². The molecule has 0 unspecified atom stereocenters. The minimum atomic E-state index is -4.72. The van der Waals surface area contributed by atoms with Gasteiger partial charge in [0, 0.05) is 17.7 Å². The van der Waals surface area contributed by atoms with Gasteiger partial charge in [-0.25, -0.2) is 0 Å². The highest BCUT2D eigenvalue weighted by Crippen LogP contribution is 2.29. The van der Waals surface area contributed by atoms with E-state index in [2.05, 4.69) is 14.7 Å². The molecule has 1 aromatic carbocycles. The van der Waals surface area contributed by atoms with Crippen molar-refractivity contribution in [2.75, 3.05) is 19.8 Å². The Bertz CT molecular complexity index is 811. The number of carbonyl (C=O) groups excluding carboxylic acids is 1. The number of alkyl halides is 3. The molecule has 1 amide bonds. The Morgan fingerprint density at radius 1 is 1.32 bits per heavy atom. The molecule has 0 N–H and O–H groups in total. The summed E-state index contributed by atoms with van der Waals surface area (Å²) in [5.41, 5.74) is 0.569. The van der Waals surface area contributed by atoms with Gasteiger partial charge in [0.15, 0.2) is 0 Å². The van der Waals surface area contributed by atoms with Crippen LogP contribution in [0.2, 0.25) is 0 Å². The van der Waals surface area contributed by atoms with Gasteiger partial charge < -0.3 is 14.2 Å². The van der Waals surface area contributed by atoms with Crippen molar-refractivity contribution in [3.8, 4) is 17.5 Å². The van der Waals surface area contributed by atoms with Gasteiger partial charge in [-0.15, -0.1) is 0 Å². The average molecular weight is 352 g/mol. The zero-order chi connectivity index (χ0) is 18.0. The third kappa shape index (κ3) is 3.46. The number of nitrogens with zero attached hydrogens (tertiary/aromatic N) is 4. The Hall–Kier alpha value is -2.93. The number of aromatic nitrogens is 2. The van der Waals surface area contributed by atoms with Gasteiger partial charge in [-0.2, -0.15) is 23.4 Å². The van der Waals surface area contributed by atoms with E-state index in [4.69, 9.17) is 10.00 Å². The first-order chi connectivity index (χ1) is 11.9. The van der Waals surface area contributed by atoms with E-state index in [1.54, 1.807) is 0 Å². The van der Waals surface area contributed by atoms with Gasteiger partial charge in [-0.05, 0) is 12.1 Å². The molecule has 0 aliphatic carbocycles. The van der Waals surface area contributed by atoms with Crippen molar-refractivity contribution in [1.82, 2.24) is 15.0 Å². The zero-order valence-electron chi connectivity index (χ0n) is 12.7. The SMILES string of the molecule is N#C[C@H]1COCCN1C(=O)c1ccc(-c2noc(C(F)(F)F)n2)cc1. The van der Waals surface area contributed by atoms with Gasteiger partial charge >= 0.3 is 12.1 Å². The van der Waals surface area contributed by atoms with Gasteiger partial charge in [0.05, 0.1) is 19.3 Å². The summed E-state index contributed by atoms with van der Waals surface area (Å²) >= 11 is 0. The number of carbonyl (C=O) groups is 1. The molecule has 1 aromatic heterocycles. The molecule has 2 heterocycles. The van der Waals surface area contributed by atoms with E-state index < -0.39 is 18.1 Å². The van der Waals surface area contributed by atoms with Crippen LogP contribution in [0, 0.1) is 11.3 Å². The summed E-state index contributed by atoms with van der Waals surface area (Å²) in [4.78, 5) is 17.2. The van der Waals surface area contributed by atoms with E-state index in [0.29, 0.717) is 18.7 Å². The summed E-state index contributed by atoms with van der Waals surface area (Å²) in [6.45, 7) is 0.771. The largest absolute Gasteiger partial charge is 0.471 e. The van der Waals surface area contributed by atoms with Gasteiger partial charge in [0.25, 0.3) is 5.91 Å². The highest BCUT2D eigenvalue weighted by molar-refractivity contribution is 5.95. The molecule has 2 aromatic rings. The third-order valence-electron chi connectivity index (χ3n) is 3.60. The number of hydrogen-bond donors (Lipinski definition) is 0. The maximum absolute atomic E-state index is 12.5. The van der Waals surface area contributed by atoms with E-state index in [-0.39, 0.29) is 23.9 Å². The minimum Gasteiger partial charge on any atom is -0.376 e. The van der Waals surface area contributed by atoms with Crippen LogP contribution in [0.5, 0.6) is 0 Å². The molecule has 1 fully saturated rings. The smallest absolute Gasteiger partial charge is 0.376 e. The van der Waals surface area contributed by atoms with E-state index >= 15 is 0 Å². The Morgan fingerprint density at radius 3 is 2.64 bits per heavy atom. The lowest BCUT2D eigenvalue weighted by Gasteiger charge is -2.31. The van der Waals surface area contributed by atoms with Crippen LogP contribution < -0.4 is 0 Å². The van der Waals surface area contributed by atoms with E-state index in [1.807, 2.05) is 6.07 Å². The first-order valence-electron chi connectivity index (χ1n) is 7.20. The van der Waals surface area contributed by atoms with Crippen molar-refractivity contribution in [2.24, 2.45) is 0 Å². The van der Waals surface area contributed by atoms with Gasteiger partial charge in [-0.3, -0.25) is 4.79 Å². The molecule has 0 radical (unpaired) electrons. The van der Waals surface area contributed by atoms with Gasteiger partial charge in [0.1, 0.15) is 6.04 Å². The number of hydrogen-bond acceptors (Lipinski definition) is 6. The second kappa shape index (κ2) is 6.52. The number of nitriles is 1. The highest BCUT2D eigenvalue weighted by atomic mass is 19.4. The van der Waals surface area contributed by atoms with Crippen molar-refractivity contribution in [1.29, 1.82) is 5.26 Å². The maximum atomic E-state index is 12.5. The highest BCUT2D eigenvalue weighted by Gasteiger charge is 2.38. The Morgan fingerprint density at radius 2 is 2.04 bits per heavy atom. The van der Waals surface area contributed by atoms with Crippen molar-refractivity contribution in [3.63, 3.8) is 0 Å². The fraction of sp³-hybridized carbons (Fsp3) is 0.333. The van der Waals surface area contributed by atoms with Crippen molar-refractivity contribution in [3.05, 3.63) is 35.7 Å². The zero-order valence-corrected chi connectivity index (χ0v) is 12.7.